The largest absolute Gasteiger partial charge is 0.505 e. The van der Waals surface area contributed by atoms with E-state index in [9.17, 15) is 22.7 Å². The molecule has 1 fully saturated rings. The van der Waals surface area contributed by atoms with Gasteiger partial charge >= 0.3 is 6.18 Å². The molecule has 0 aliphatic carbocycles. The lowest BCUT2D eigenvalue weighted by atomic mass is 9.78. The molecule has 1 aromatic carbocycles. The average Bonchev–Trinajstić information content (AvgIpc) is 2.42. The number of hydrogen-bond acceptors (Lipinski definition) is 3. The van der Waals surface area contributed by atoms with Gasteiger partial charge in [0.25, 0.3) is 0 Å². The van der Waals surface area contributed by atoms with Crippen LogP contribution >= 0.6 is 0 Å². The number of piperazine rings is 1. The molecule has 0 amide bonds. The van der Waals surface area contributed by atoms with E-state index in [4.69, 9.17) is 0 Å². The van der Waals surface area contributed by atoms with Crippen molar-refractivity contribution in [2.24, 2.45) is 5.41 Å². The summed E-state index contributed by atoms with van der Waals surface area (Å²) in [6.45, 7) is 7.75. The second-order valence-electron chi connectivity index (χ2n) is 6.91. The van der Waals surface area contributed by atoms with Crippen LogP contribution < -0.4 is 5.32 Å². The average molecular weight is 334 g/mol. The van der Waals surface area contributed by atoms with Gasteiger partial charge in [0.1, 0.15) is 0 Å². The monoisotopic (exact) mass is 334 g/mol. The highest BCUT2D eigenvalue weighted by Gasteiger charge is 2.43. The Hall–Kier alpha value is -1.34. The van der Waals surface area contributed by atoms with Crippen LogP contribution in [0.3, 0.4) is 0 Å². The van der Waals surface area contributed by atoms with Crippen molar-refractivity contribution in [1.82, 2.24) is 10.2 Å². The molecule has 1 aliphatic rings. The molecule has 23 heavy (non-hydrogen) atoms. The van der Waals surface area contributed by atoms with Gasteiger partial charge in [-0.2, -0.15) is 13.2 Å². The second kappa shape index (κ2) is 6.28. The van der Waals surface area contributed by atoms with Gasteiger partial charge in [-0.05, 0) is 17.5 Å². The van der Waals surface area contributed by atoms with Crippen molar-refractivity contribution in [1.29, 1.82) is 0 Å². The Morgan fingerprint density at radius 1 is 1.13 bits per heavy atom. The third kappa shape index (κ3) is 3.77. The summed E-state index contributed by atoms with van der Waals surface area (Å²) in [6.07, 6.45) is -4.65. The van der Waals surface area contributed by atoms with Crippen LogP contribution in [0.1, 0.15) is 37.9 Å². The lowest BCUT2D eigenvalue weighted by Gasteiger charge is -2.43. The first-order chi connectivity index (χ1) is 10.5. The lowest BCUT2D eigenvalue weighted by molar-refractivity contribution is -0.139. The maximum absolute atomic E-state index is 13.8. The Kier molecular flexibility index (Phi) is 4.92. The molecule has 0 bridgehead atoms. The van der Waals surface area contributed by atoms with Crippen LogP contribution in [0.4, 0.5) is 17.6 Å². The zero-order chi connectivity index (χ0) is 17.4. The summed E-state index contributed by atoms with van der Waals surface area (Å²) in [5, 5.41) is 13.2. The number of alkyl halides is 3. The fourth-order valence-corrected chi connectivity index (χ4v) is 3.21. The van der Waals surface area contributed by atoms with Crippen molar-refractivity contribution >= 4 is 0 Å². The summed E-state index contributed by atoms with van der Waals surface area (Å²) >= 11 is 0. The van der Waals surface area contributed by atoms with Gasteiger partial charge in [0.05, 0.1) is 5.56 Å². The van der Waals surface area contributed by atoms with Crippen LogP contribution in [-0.4, -0.2) is 36.2 Å². The van der Waals surface area contributed by atoms with Crippen LogP contribution in [0.5, 0.6) is 5.75 Å². The minimum atomic E-state index is -4.65. The van der Waals surface area contributed by atoms with Crippen LogP contribution in [0.25, 0.3) is 0 Å². The van der Waals surface area contributed by atoms with Crippen molar-refractivity contribution in [3.8, 4) is 5.75 Å². The summed E-state index contributed by atoms with van der Waals surface area (Å²) in [5.41, 5.74) is -1.95. The third-order valence-corrected chi connectivity index (χ3v) is 4.08. The van der Waals surface area contributed by atoms with Gasteiger partial charge in [0, 0.05) is 37.8 Å². The molecular weight excluding hydrogens is 312 g/mol. The van der Waals surface area contributed by atoms with Gasteiger partial charge in [-0.15, -0.1) is 0 Å². The van der Waals surface area contributed by atoms with E-state index in [-0.39, 0.29) is 5.56 Å². The van der Waals surface area contributed by atoms with E-state index in [1.807, 2.05) is 4.90 Å². The van der Waals surface area contributed by atoms with Gasteiger partial charge in [0.15, 0.2) is 11.6 Å². The number of hydrogen-bond donors (Lipinski definition) is 2. The fraction of sp³-hybridized carbons (Fsp3) is 0.625. The van der Waals surface area contributed by atoms with E-state index >= 15 is 0 Å². The molecule has 1 aromatic rings. The fourth-order valence-electron chi connectivity index (χ4n) is 3.21. The maximum Gasteiger partial charge on any atom is 0.416 e. The van der Waals surface area contributed by atoms with E-state index in [2.05, 4.69) is 5.32 Å². The quantitative estimate of drug-likeness (QED) is 0.812. The molecule has 1 saturated heterocycles. The summed E-state index contributed by atoms with van der Waals surface area (Å²) in [5.74, 6) is -1.93. The minimum absolute atomic E-state index is 0.369. The molecule has 1 atom stereocenters. The van der Waals surface area contributed by atoms with E-state index in [1.165, 1.54) is 0 Å². The number of aromatic hydroxyl groups is 1. The van der Waals surface area contributed by atoms with Gasteiger partial charge in [0.2, 0.25) is 0 Å². The summed E-state index contributed by atoms with van der Waals surface area (Å²) in [4.78, 5) is 1.88. The minimum Gasteiger partial charge on any atom is -0.505 e. The predicted octanol–water partition coefficient (Wildman–Crippen LogP) is 3.54. The van der Waals surface area contributed by atoms with Crippen molar-refractivity contribution in [2.45, 2.75) is 33.0 Å². The van der Waals surface area contributed by atoms with Gasteiger partial charge in [-0.25, -0.2) is 4.39 Å². The summed E-state index contributed by atoms with van der Waals surface area (Å²) in [7, 11) is 0. The molecule has 0 aromatic heterocycles. The molecule has 0 spiro atoms. The Bertz CT molecular complexity index is 560. The first kappa shape index (κ1) is 18.0. The molecule has 1 aliphatic heterocycles. The zero-order valence-electron chi connectivity index (χ0n) is 13.5. The number of rotatable bonds is 2. The highest BCUT2D eigenvalue weighted by Crippen LogP contribution is 2.48. The second-order valence-corrected chi connectivity index (χ2v) is 6.91. The topological polar surface area (TPSA) is 35.5 Å². The normalized spacial score (nSPS) is 18.9. The lowest BCUT2D eigenvalue weighted by Crippen LogP contribution is -2.48. The molecule has 130 valence electrons. The first-order valence-electron chi connectivity index (χ1n) is 7.57. The van der Waals surface area contributed by atoms with Gasteiger partial charge in [-0.1, -0.05) is 20.8 Å². The molecule has 0 unspecified atom stereocenters. The molecule has 0 radical (unpaired) electrons. The number of phenolic OH excluding ortho intramolecular Hbond substituents is 1. The van der Waals surface area contributed by atoms with Crippen molar-refractivity contribution < 1.29 is 22.7 Å². The summed E-state index contributed by atoms with van der Waals surface area (Å²) in [6, 6.07) is 0.640. The van der Waals surface area contributed by atoms with Crippen molar-refractivity contribution in [3.05, 3.63) is 29.1 Å². The van der Waals surface area contributed by atoms with Crippen molar-refractivity contribution in [2.75, 3.05) is 26.2 Å². The van der Waals surface area contributed by atoms with E-state index in [1.54, 1.807) is 20.8 Å². The van der Waals surface area contributed by atoms with Crippen LogP contribution in [0, 0.1) is 11.2 Å². The number of halogens is 4. The maximum atomic E-state index is 13.8. The van der Waals surface area contributed by atoms with E-state index in [0.29, 0.717) is 38.3 Å². The van der Waals surface area contributed by atoms with Gasteiger partial charge < -0.3 is 10.4 Å². The van der Waals surface area contributed by atoms with E-state index in [0.717, 1.165) is 0 Å². The highest BCUT2D eigenvalue weighted by molar-refractivity contribution is 5.45. The number of benzene rings is 1. The third-order valence-electron chi connectivity index (χ3n) is 4.08. The number of nitrogens with one attached hydrogen (secondary N) is 1. The van der Waals surface area contributed by atoms with Crippen LogP contribution in [0.2, 0.25) is 0 Å². The van der Waals surface area contributed by atoms with E-state index < -0.39 is 34.8 Å². The van der Waals surface area contributed by atoms with Crippen molar-refractivity contribution in [3.63, 3.8) is 0 Å². The molecule has 3 nitrogen and oxygen atoms in total. The SMILES string of the molecule is CC(C)(C)[C@@H](c1c(C(F)(F)F)ccc(F)c1O)N1CCNCC1. The van der Waals surface area contributed by atoms with Crippen LogP contribution in [0.15, 0.2) is 12.1 Å². The number of phenols is 1. The standard InChI is InChI=1S/C16H22F4N2O/c1-15(2,3)14(22-8-6-21-7-9-22)12-10(16(18,19)20)4-5-11(17)13(12)23/h4-5,14,21,23H,6-9H2,1-3H3/t14-/m1/s1. The Morgan fingerprint density at radius 2 is 1.70 bits per heavy atom. The molecule has 2 N–H and O–H groups in total. The first-order valence-corrected chi connectivity index (χ1v) is 7.57. The number of nitrogens with zero attached hydrogens (tertiary/aromatic N) is 1. The zero-order valence-corrected chi connectivity index (χ0v) is 13.5. The molecule has 2 rings (SSSR count). The Balaban J connectivity index is 2.64. The smallest absolute Gasteiger partial charge is 0.416 e. The molecule has 7 heteroatoms. The van der Waals surface area contributed by atoms with Crippen LogP contribution in [-0.2, 0) is 6.18 Å². The highest BCUT2D eigenvalue weighted by atomic mass is 19.4. The Morgan fingerprint density at radius 3 is 2.17 bits per heavy atom. The molecule has 1 heterocycles. The Labute approximate surface area is 133 Å². The van der Waals surface area contributed by atoms with Gasteiger partial charge in [-0.3, -0.25) is 4.90 Å². The summed E-state index contributed by atoms with van der Waals surface area (Å²) < 4.78 is 54.0. The molecule has 0 saturated carbocycles. The predicted molar refractivity (Wildman–Crippen MR) is 79.7 cm³/mol. The molecular formula is C16H22F4N2O.